The van der Waals surface area contributed by atoms with Gasteiger partial charge in [-0.15, -0.1) is 0 Å². The molecular weight excluding hydrogens is 334 g/mol. The van der Waals surface area contributed by atoms with Gasteiger partial charge in [-0.3, -0.25) is 5.01 Å². The monoisotopic (exact) mass is 358 g/mol. The van der Waals surface area contributed by atoms with Crippen LogP contribution in [0.15, 0.2) is 53.6 Å². The highest BCUT2D eigenvalue weighted by Gasteiger charge is 2.18. The molecule has 0 aliphatic carbocycles. The lowest BCUT2D eigenvalue weighted by molar-refractivity contribution is -0.918. The molecule has 1 N–H and O–H groups in total. The van der Waals surface area contributed by atoms with E-state index in [9.17, 15) is 0 Å². The number of hydrazone groups is 1. The molecule has 1 heterocycles. The number of rotatable bonds is 6. The van der Waals surface area contributed by atoms with Crippen LogP contribution in [0.3, 0.4) is 0 Å². The van der Waals surface area contributed by atoms with Crippen molar-refractivity contribution in [2.75, 3.05) is 32.8 Å². The van der Waals surface area contributed by atoms with Gasteiger partial charge in [0, 0.05) is 10.6 Å². The third kappa shape index (κ3) is 5.48. The van der Waals surface area contributed by atoms with Crippen LogP contribution < -0.4 is 9.64 Å². The zero-order chi connectivity index (χ0) is 17.5. The Morgan fingerprint density at radius 1 is 1.08 bits per heavy atom. The topological polar surface area (TPSA) is 29.3 Å². The molecule has 0 unspecified atom stereocenters. The van der Waals surface area contributed by atoms with Gasteiger partial charge in [-0.25, -0.2) is 0 Å². The standard InChI is InChI=1S/C20H24ClN3O/c1-2-25-20-9-5-17(6-10-20)15-22-24-13-11-23(12-14-24)16-18-3-7-19(21)8-4-18/h3-10,15H,2,11-14,16H2,1H3/p+1. The third-order valence-electron chi connectivity index (χ3n) is 4.38. The molecule has 0 spiro atoms. The van der Waals surface area contributed by atoms with Crippen LogP contribution in [0.25, 0.3) is 0 Å². The summed E-state index contributed by atoms with van der Waals surface area (Å²) < 4.78 is 5.46. The molecule has 0 atom stereocenters. The molecular formula is C20H25ClN3O+. The van der Waals surface area contributed by atoms with Crippen molar-refractivity contribution in [1.29, 1.82) is 0 Å². The van der Waals surface area contributed by atoms with E-state index >= 15 is 0 Å². The van der Waals surface area contributed by atoms with E-state index in [1.165, 1.54) is 5.56 Å². The summed E-state index contributed by atoms with van der Waals surface area (Å²) in [5, 5.41) is 7.57. The first-order chi connectivity index (χ1) is 12.2. The molecule has 3 rings (SSSR count). The third-order valence-corrected chi connectivity index (χ3v) is 4.63. The summed E-state index contributed by atoms with van der Waals surface area (Å²) in [7, 11) is 0. The Morgan fingerprint density at radius 2 is 1.76 bits per heavy atom. The fourth-order valence-electron chi connectivity index (χ4n) is 2.96. The normalized spacial score (nSPS) is 15.7. The van der Waals surface area contributed by atoms with Crippen molar-refractivity contribution in [1.82, 2.24) is 5.01 Å². The van der Waals surface area contributed by atoms with Crippen LogP contribution in [0.2, 0.25) is 5.02 Å². The largest absolute Gasteiger partial charge is 0.494 e. The number of nitrogens with one attached hydrogen (secondary N) is 1. The lowest BCUT2D eigenvalue weighted by Gasteiger charge is -2.30. The first-order valence-corrected chi connectivity index (χ1v) is 9.20. The fourth-order valence-corrected chi connectivity index (χ4v) is 3.09. The average Bonchev–Trinajstić information content (AvgIpc) is 2.64. The molecule has 1 fully saturated rings. The van der Waals surface area contributed by atoms with Crippen LogP contribution >= 0.6 is 11.6 Å². The number of halogens is 1. The predicted molar refractivity (Wildman–Crippen MR) is 103 cm³/mol. The molecule has 5 heteroatoms. The zero-order valence-corrected chi connectivity index (χ0v) is 15.4. The Balaban J connectivity index is 1.46. The highest BCUT2D eigenvalue weighted by molar-refractivity contribution is 6.30. The van der Waals surface area contributed by atoms with Crippen LogP contribution in [0.4, 0.5) is 0 Å². The molecule has 4 nitrogen and oxygen atoms in total. The molecule has 2 aromatic carbocycles. The van der Waals surface area contributed by atoms with Crippen LogP contribution in [0.1, 0.15) is 18.1 Å². The van der Waals surface area contributed by atoms with Gasteiger partial charge in [-0.1, -0.05) is 23.7 Å². The Hall–Kier alpha value is -2.04. The second kappa shape index (κ2) is 8.88. The van der Waals surface area contributed by atoms with Crippen molar-refractivity contribution in [3.63, 3.8) is 0 Å². The highest BCUT2D eigenvalue weighted by Crippen LogP contribution is 2.11. The van der Waals surface area contributed by atoms with E-state index in [4.69, 9.17) is 16.3 Å². The van der Waals surface area contributed by atoms with Gasteiger partial charge in [0.05, 0.1) is 39.0 Å². The fraction of sp³-hybridized carbons (Fsp3) is 0.350. The average molecular weight is 359 g/mol. The minimum atomic E-state index is 0.691. The Labute approximate surface area is 154 Å². The van der Waals surface area contributed by atoms with E-state index in [1.807, 2.05) is 49.5 Å². The Morgan fingerprint density at radius 3 is 2.40 bits per heavy atom. The molecule has 0 saturated carbocycles. The lowest BCUT2D eigenvalue weighted by atomic mass is 10.2. The maximum Gasteiger partial charge on any atom is 0.119 e. The molecule has 0 aromatic heterocycles. The molecule has 132 valence electrons. The Bertz CT molecular complexity index is 677. The molecule has 2 aromatic rings. The van der Waals surface area contributed by atoms with Gasteiger partial charge in [0.1, 0.15) is 12.3 Å². The predicted octanol–water partition coefficient (Wildman–Crippen LogP) is 2.47. The van der Waals surface area contributed by atoms with Crippen LogP contribution in [0, 0.1) is 0 Å². The number of ether oxygens (including phenoxy) is 1. The summed E-state index contributed by atoms with van der Waals surface area (Å²) in [6, 6.07) is 16.2. The van der Waals surface area contributed by atoms with E-state index in [1.54, 1.807) is 4.90 Å². The van der Waals surface area contributed by atoms with Crippen molar-refractivity contribution in [3.8, 4) is 5.75 Å². The number of benzene rings is 2. The zero-order valence-electron chi connectivity index (χ0n) is 14.6. The van der Waals surface area contributed by atoms with E-state index in [0.717, 1.165) is 49.1 Å². The maximum absolute atomic E-state index is 5.95. The summed E-state index contributed by atoms with van der Waals surface area (Å²) in [6.07, 6.45) is 1.93. The minimum absolute atomic E-state index is 0.691. The van der Waals surface area contributed by atoms with Gasteiger partial charge in [0.2, 0.25) is 0 Å². The van der Waals surface area contributed by atoms with E-state index < -0.39 is 0 Å². The number of nitrogens with zero attached hydrogens (tertiary/aromatic N) is 2. The molecule has 0 bridgehead atoms. The summed E-state index contributed by atoms with van der Waals surface area (Å²) in [6.45, 7) is 7.90. The second-order valence-corrected chi connectivity index (χ2v) is 6.69. The summed E-state index contributed by atoms with van der Waals surface area (Å²) in [5.74, 6) is 0.902. The van der Waals surface area contributed by atoms with Gasteiger partial charge in [-0.05, 0) is 48.9 Å². The van der Waals surface area contributed by atoms with Gasteiger partial charge in [0.25, 0.3) is 0 Å². The van der Waals surface area contributed by atoms with Crippen LogP contribution in [-0.2, 0) is 6.54 Å². The maximum atomic E-state index is 5.95. The minimum Gasteiger partial charge on any atom is -0.494 e. The quantitative estimate of drug-likeness (QED) is 0.804. The van der Waals surface area contributed by atoms with Crippen molar-refractivity contribution in [2.24, 2.45) is 5.10 Å². The number of piperazine rings is 1. The van der Waals surface area contributed by atoms with E-state index in [2.05, 4.69) is 22.2 Å². The SMILES string of the molecule is CCOc1ccc(C=NN2CC[NH+](Cc3ccc(Cl)cc3)CC2)cc1. The van der Waals surface area contributed by atoms with Crippen LogP contribution in [-0.4, -0.2) is 44.0 Å². The van der Waals surface area contributed by atoms with Gasteiger partial charge < -0.3 is 9.64 Å². The van der Waals surface area contributed by atoms with Crippen LogP contribution in [0.5, 0.6) is 5.75 Å². The van der Waals surface area contributed by atoms with Crippen molar-refractivity contribution < 1.29 is 9.64 Å². The van der Waals surface area contributed by atoms with Crippen molar-refractivity contribution in [2.45, 2.75) is 13.5 Å². The molecule has 1 aliphatic rings. The number of hydrogen-bond donors (Lipinski definition) is 1. The number of hydrogen-bond acceptors (Lipinski definition) is 3. The molecule has 0 amide bonds. The first kappa shape index (κ1) is 17.8. The van der Waals surface area contributed by atoms with E-state index in [0.29, 0.717) is 6.61 Å². The Kier molecular flexibility index (Phi) is 6.31. The van der Waals surface area contributed by atoms with Crippen molar-refractivity contribution in [3.05, 3.63) is 64.7 Å². The smallest absolute Gasteiger partial charge is 0.119 e. The molecule has 0 radical (unpaired) electrons. The molecule has 25 heavy (non-hydrogen) atoms. The highest BCUT2D eigenvalue weighted by atomic mass is 35.5. The molecule has 1 saturated heterocycles. The second-order valence-electron chi connectivity index (χ2n) is 6.25. The first-order valence-electron chi connectivity index (χ1n) is 8.83. The summed E-state index contributed by atoms with van der Waals surface area (Å²) in [5.41, 5.74) is 2.44. The lowest BCUT2D eigenvalue weighted by Crippen LogP contribution is -3.13. The van der Waals surface area contributed by atoms with E-state index in [-0.39, 0.29) is 0 Å². The van der Waals surface area contributed by atoms with Gasteiger partial charge in [0.15, 0.2) is 0 Å². The number of quaternary nitrogens is 1. The van der Waals surface area contributed by atoms with Gasteiger partial charge in [-0.2, -0.15) is 5.10 Å². The summed E-state index contributed by atoms with van der Waals surface area (Å²) in [4.78, 5) is 1.59. The van der Waals surface area contributed by atoms with Gasteiger partial charge >= 0.3 is 0 Å². The van der Waals surface area contributed by atoms with Crippen molar-refractivity contribution >= 4 is 17.8 Å². The summed E-state index contributed by atoms with van der Waals surface area (Å²) >= 11 is 5.95. The molecule has 1 aliphatic heterocycles.